The fourth-order valence-electron chi connectivity index (χ4n) is 8.35. The number of fused-ring (bicyclic) bond motifs is 5. The van der Waals surface area contributed by atoms with Crippen molar-refractivity contribution in [3.05, 3.63) is 12.7 Å². The third-order valence-corrected chi connectivity index (χ3v) is 15.8. The highest BCUT2D eigenvalue weighted by atomic mass is 28.4. The van der Waals surface area contributed by atoms with E-state index in [1.165, 1.54) is 57.8 Å². The summed E-state index contributed by atoms with van der Waals surface area (Å²) in [5.41, 5.74) is 1.12. The molecule has 0 saturated heterocycles. The fourth-order valence-corrected chi connectivity index (χ4v) is 9.75. The molecular weight excluding hydrogens is 368 g/mol. The Morgan fingerprint density at radius 1 is 0.897 bits per heavy atom. The molecule has 4 aliphatic carbocycles. The highest BCUT2D eigenvalue weighted by molar-refractivity contribution is 6.74. The molecule has 2 unspecified atom stereocenters. The van der Waals surface area contributed by atoms with Crippen molar-refractivity contribution in [1.29, 1.82) is 0 Å². The second-order valence-corrected chi connectivity index (χ2v) is 18.2. The van der Waals surface area contributed by atoms with Crippen molar-refractivity contribution in [2.75, 3.05) is 0 Å². The molecule has 0 aromatic rings. The molecule has 4 saturated carbocycles. The molecule has 1 nitrogen and oxygen atoms in total. The van der Waals surface area contributed by atoms with E-state index < -0.39 is 8.32 Å². The van der Waals surface area contributed by atoms with Gasteiger partial charge in [-0.2, -0.15) is 0 Å². The minimum Gasteiger partial charge on any atom is -0.414 e. The van der Waals surface area contributed by atoms with Crippen molar-refractivity contribution in [1.82, 2.24) is 0 Å². The van der Waals surface area contributed by atoms with Crippen molar-refractivity contribution >= 4 is 8.32 Å². The fraction of sp³-hybridized carbons (Fsp3) is 0.926. The number of hydrogen-bond acceptors (Lipinski definition) is 1. The molecule has 0 bridgehead atoms. The maximum Gasteiger partial charge on any atom is 0.192 e. The van der Waals surface area contributed by atoms with Gasteiger partial charge in [0.15, 0.2) is 8.32 Å². The maximum atomic E-state index is 6.92. The van der Waals surface area contributed by atoms with E-state index in [4.69, 9.17) is 4.43 Å². The first-order chi connectivity index (χ1) is 13.4. The summed E-state index contributed by atoms with van der Waals surface area (Å²) in [6.07, 6.45) is 15.6. The number of allylic oxidation sites excluding steroid dienone is 1. The maximum absolute atomic E-state index is 6.92. The van der Waals surface area contributed by atoms with Crippen molar-refractivity contribution in [3.63, 3.8) is 0 Å². The van der Waals surface area contributed by atoms with E-state index in [1.54, 1.807) is 0 Å². The molecular formula is C27H48OSi. The Kier molecular flexibility index (Phi) is 5.51. The van der Waals surface area contributed by atoms with Crippen LogP contribution in [-0.2, 0) is 4.43 Å². The van der Waals surface area contributed by atoms with Crippen LogP contribution < -0.4 is 0 Å². The van der Waals surface area contributed by atoms with E-state index in [-0.39, 0.29) is 0 Å². The molecule has 2 heteroatoms. The summed E-state index contributed by atoms with van der Waals surface area (Å²) >= 11 is 0. The predicted octanol–water partition coefficient (Wildman–Crippen LogP) is 8.22. The quantitative estimate of drug-likeness (QED) is 0.332. The first-order valence-electron chi connectivity index (χ1n) is 12.7. The average Bonchev–Trinajstić information content (AvgIpc) is 2.97. The van der Waals surface area contributed by atoms with Crippen LogP contribution in [0.4, 0.5) is 0 Å². The van der Waals surface area contributed by atoms with Gasteiger partial charge in [0.2, 0.25) is 0 Å². The normalized spacial score (nSPS) is 47.8. The van der Waals surface area contributed by atoms with Crippen LogP contribution in [0.1, 0.15) is 92.4 Å². The Bertz CT molecular complexity index is 633. The summed E-state index contributed by atoms with van der Waals surface area (Å²) in [6.45, 7) is 21.5. The lowest BCUT2D eigenvalue weighted by molar-refractivity contribution is -0.122. The summed E-state index contributed by atoms with van der Waals surface area (Å²) in [5, 5.41) is 0.323. The lowest BCUT2D eigenvalue weighted by atomic mass is 9.44. The van der Waals surface area contributed by atoms with Crippen LogP contribution in [0.15, 0.2) is 12.7 Å². The van der Waals surface area contributed by atoms with Gasteiger partial charge in [-0.05, 0) is 116 Å². The molecule has 8 atom stereocenters. The van der Waals surface area contributed by atoms with E-state index in [9.17, 15) is 0 Å². The molecule has 29 heavy (non-hydrogen) atoms. The topological polar surface area (TPSA) is 9.23 Å². The second-order valence-electron chi connectivity index (χ2n) is 13.4. The number of rotatable bonds is 3. The van der Waals surface area contributed by atoms with Crippen LogP contribution in [0.5, 0.6) is 0 Å². The van der Waals surface area contributed by atoms with E-state index in [0.29, 0.717) is 22.0 Å². The van der Waals surface area contributed by atoms with Crippen molar-refractivity contribution in [2.45, 2.75) is 117 Å². The summed E-state index contributed by atoms with van der Waals surface area (Å²) < 4.78 is 6.92. The molecule has 0 radical (unpaired) electrons. The minimum atomic E-state index is -1.66. The van der Waals surface area contributed by atoms with Gasteiger partial charge in [-0.25, -0.2) is 0 Å². The smallest absolute Gasteiger partial charge is 0.192 e. The zero-order chi connectivity index (χ0) is 21.2. The Morgan fingerprint density at radius 3 is 2.21 bits per heavy atom. The molecule has 0 heterocycles. The molecule has 0 N–H and O–H groups in total. The van der Waals surface area contributed by atoms with Gasteiger partial charge >= 0.3 is 0 Å². The lowest BCUT2D eigenvalue weighted by Gasteiger charge is -2.61. The summed E-state index contributed by atoms with van der Waals surface area (Å²) in [7, 11) is -1.66. The van der Waals surface area contributed by atoms with Gasteiger partial charge in [-0.1, -0.05) is 40.7 Å². The van der Waals surface area contributed by atoms with Crippen molar-refractivity contribution < 1.29 is 4.43 Å². The largest absolute Gasteiger partial charge is 0.414 e. The van der Waals surface area contributed by atoms with Crippen LogP contribution in [0, 0.1) is 40.4 Å². The highest BCUT2D eigenvalue weighted by Crippen LogP contribution is 2.67. The minimum absolute atomic E-state index is 0.323. The van der Waals surface area contributed by atoms with Crippen LogP contribution in [0.25, 0.3) is 0 Å². The first kappa shape index (κ1) is 22.1. The van der Waals surface area contributed by atoms with Crippen LogP contribution in [-0.4, -0.2) is 14.4 Å². The van der Waals surface area contributed by atoms with Gasteiger partial charge in [0.25, 0.3) is 0 Å². The SMILES string of the molecule is C=C[C@H]1CC[C@H]2[C@@H]3CCC4CC(O[Si](C)(C)C(C)(C)C)CC[C@]4(C)[C@H]3CC[C@]12C. The molecule has 4 rings (SSSR count). The Hall–Kier alpha value is -0.0831. The Balaban J connectivity index is 1.48. The Labute approximate surface area is 182 Å². The molecule has 4 aliphatic rings. The van der Waals surface area contributed by atoms with Gasteiger partial charge < -0.3 is 4.43 Å². The van der Waals surface area contributed by atoms with Crippen LogP contribution >= 0.6 is 0 Å². The van der Waals surface area contributed by atoms with Gasteiger partial charge in [0.1, 0.15) is 0 Å². The molecule has 0 aliphatic heterocycles. The lowest BCUT2D eigenvalue weighted by Crippen LogP contribution is -2.55. The highest BCUT2D eigenvalue weighted by Gasteiger charge is 2.60. The summed E-state index contributed by atoms with van der Waals surface area (Å²) in [6, 6.07) is 0. The molecule has 0 aromatic carbocycles. The zero-order valence-electron chi connectivity index (χ0n) is 20.5. The summed E-state index contributed by atoms with van der Waals surface area (Å²) in [5.74, 6) is 4.58. The van der Waals surface area contributed by atoms with E-state index in [1.807, 2.05) is 0 Å². The standard InChI is InChI=1S/C27H48OSi/c1-9-19-11-13-23-22-12-10-20-18-21(28-29(7,8)25(2,3)4)14-16-27(20,6)24(22)15-17-26(19,23)5/h9,19-24H,1,10-18H2,2-8H3/t19-,20?,21?,22-,23-,24-,26+,27-/m0/s1. The molecule has 0 spiro atoms. The van der Waals surface area contributed by atoms with Crippen molar-refractivity contribution in [2.24, 2.45) is 40.4 Å². The van der Waals surface area contributed by atoms with Crippen LogP contribution in [0.2, 0.25) is 18.1 Å². The molecule has 0 aromatic heterocycles. The third-order valence-electron chi connectivity index (χ3n) is 11.2. The van der Waals surface area contributed by atoms with Gasteiger partial charge in [-0.15, -0.1) is 6.58 Å². The Morgan fingerprint density at radius 2 is 1.55 bits per heavy atom. The van der Waals surface area contributed by atoms with Gasteiger partial charge in [-0.3, -0.25) is 0 Å². The third kappa shape index (κ3) is 3.43. The van der Waals surface area contributed by atoms with E-state index in [0.717, 1.165) is 29.6 Å². The van der Waals surface area contributed by atoms with E-state index in [2.05, 4.69) is 60.4 Å². The average molecular weight is 417 g/mol. The molecule has 4 fully saturated rings. The molecule has 166 valence electrons. The monoisotopic (exact) mass is 416 g/mol. The predicted molar refractivity (Wildman–Crippen MR) is 127 cm³/mol. The van der Waals surface area contributed by atoms with E-state index >= 15 is 0 Å². The first-order valence-corrected chi connectivity index (χ1v) is 15.6. The van der Waals surface area contributed by atoms with Gasteiger partial charge in [0.05, 0.1) is 0 Å². The van der Waals surface area contributed by atoms with Gasteiger partial charge in [0, 0.05) is 6.10 Å². The van der Waals surface area contributed by atoms with Crippen molar-refractivity contribution in [3.8, 4) is 0 Å². The summed E-state index contributed by atoms with van der Waals surface area (Å²) in [4.78, 5) is 0. The van der Waals surface area contributed by atoms with Crippen LogP contribution in [0.3, 0.4) is 0 Å². The second kappa shape index (κ2) is 7.22. The zero-order valence-corrected chi connectivity index (χ0v) is 21.5. The molecule has 0 amide bonds. The number of hydrogen-bond donors (Lipinski definition) is 0.